The van der Waals surface area contributed by atoms with Gasteiger partial charge in [0.25, 0.3) is 0 Å². The maximum absolute atomic E-state index is 9.96. The Bertz CT molecular complexity index is 403. The average Bonchev–Trinajstić information content (AvgIpc) is 2.46. The van der Waals surface area contributed by atoms with Gasteiger partial charge in [-0.15, -0.1) is 11.6 Å². The number of rotatable bonds is 5. The molecule has 1 aliphatic rings. The van der Waals surface area contributed by atoms with Gasteiger partial charge in [0.2, 0.25) is 0 Å². The minimum Gasteiger partial charge on any atom is -0.395 e. The number of alkyl halides is 1. The van der Waals surface area contributed by atoms with Crippen molar-refractivity contribution in [1.29, 1.82) is 0 Å². The van der Waals surface area contributed by atoms with Gasteiger partial charge in [-0.3, -0.25) is 4.90 Å². The first-order valence-corrected chi connectivity index (χ1v) is 7.46. The van der Waals surface area contributed by atoms with E-state index in [-0.39, 0.29) is 6.61 Å². The van der Waals surface area contributed by atoms with Gasteiger partial charge in [0, 0.05) is 6.54 Å². The highest BCUT2D eigenvalue weighted by Gasteiger charge is 2.40. The predicted molar refractivity (Wildman–Crippen MR) is 78.9 cm³/mol. The standard InChI is InChI=1S/C15H22ClNO3/c16-12-9-17(13(10-18)15(20)14(12)19)8-4-7-11-5-2-1-3-6-11/h1-3,5-6,12-15,18-20H,4,7-10H2/t12-,13+,14+,15+/m0/s1. The summed E-state index contributed by atoms with van der Waals surface area (Å²) in [7, 11) is 0. The number of hydrogen-bond acceptors (Lipinski definition) is 4. The molecule has 0 aromatic heterocycles. The van der Waals surface area contributed by atoms with Gasteiger partial charge in [0.15, 0.2) is 0 Å². The lowest BCUT2D eigenvalue weighted by Gasteiger charge is -2.43. The zero-order valence-electron chi connectivity index (χ0n) is 11.4. The van der Waals surface area contributed by atoms with Gasteiger partial charge in [-0.1, -0.05) is 30.3 Å². The first-order chi connectivity index (χ1) is 9.63. The smallest absolute Gasteiger partial charge is 0.0991 e. The second-order valence-corrected chi connectivity index (χ2v) is 5.89. The first-order valence-electron chi connectivity index (χ1n) is 7.02. The molecular weight excluding hydrogens is 278 g/mol. The summed E-state index contributed by atoms with van der Waals surface area (Å²) in [6, 6.07) is 9.76. The van der Waals surface area contributed by atoms with Gasteiger partial charge in [-0.2, -0.15) is 0 Å². The normalized spacial score (nSPS) is 31.4. The Morgan fingerprint density at radius 3 is 2.50 bits per heavy atom. The number of hydrogen-bond donors (Lipinski definition) is 3. The van der Waals surface area contributed by atoms with Crippen molar-refractivity contribution in [1.82, 2.24) is 4.90 Å². The van der Waals surface area contributed by atoms with Crippen molar-refractivity contribution in [2.24, 2.45) is 0 Å². The number of aliphatic hydroxyl groups excluding tert-OH is 3. The monoisotopic (exact) mass is 299 g/mol. The third-order valence-corrected chi connectivity index (χ3v) is 4.33. The van der Waals surface area contributed by atoms with Crippen LogP contribution in [-0.2, 0) is 6.42 Å². The maximum atomic E-state index is 9.96. The molecule has 112 valence electrons. The van der Waals surface area contributed by atoms with E-state index in [1.807, 2.05) is 23.1 Å². The molecule has 5 heteroatoms. The van der Waals surface area contributed by atoms with E-state index in [2.05, 4.69) is 12.1 Å². The number of aliphatic hydroxyl groups is 3. The Labute approximate surface area is 124 Å². The fourth-order valence-corrected chi connectivity index (χ4v) is 3.06. The zero-order valence-corrected chi connectivity index (χ0v) is 12.2. The lowest BCUT2D eigenvalue weighted by Crippen LogP contribution is -2.61. The van der Waals surface area contributed by atoms with Crippen molar-refractivity contribution in [3.63, 3.8) is 0 Å². The summed E-state index contributed by atoms with van der Waals surface area (Å²) in [5.41, 5.74) is 1.27. The van der Waals surface area contributed by atoms with Gasteiger partial charge in [-0.05, 0) is 24.9 Å². The van der Waals surface area contributed by atoms with Crippen molar-refractivity contribution in [2.75, 3.05) is 19.7 Å². The summed E-state index contributed by atoms with van der Waals surface area (Å²) in [5.74, 6) is 0. The molecule has 20 heavy (non-hydrogen) atoms. The summed E-state index contributed by atoms with van der Waals surface area (Å²) in [4.78, 5) is 1.97. The quantitative estimate of drug-likeness (QED) is 0.698. The van der Waals surface area contributed by atoms with E-state index in [1.165, 1.54) is 5.56 Å². The minimum atomic E-state index is -0.993. The lowest BCUT2D eigenvalue weighted by atomic mass is 9.95. The molecule has 1 aromatic carbocycles. The van der Waals surface area contributed by atoms with E-state index in [1.54, 1.807) is 0 Å². The van der Waals surface area contributed by atoms with E-state index < -0.39 is 23.6 Å². The Morgan fingerprint density at radius 2 is 1.85 bits per heavy atom. The Kier molecular flexibility index (Phi) is 5.81. The SMILES string of the molecule is OC[C@@H]1[C@@H](O)[C@H](O)[C@@H](Cl)CN1CCCc1ccccc1. The van der Waals surface area contributed by atoms with E-state index in [0.29, 0.717) is 6.54 Å². The fourth-order valence-electron chi connectivity index (χ4n) is 2.74. The van der Waals surface area contributed by atoms with Crippen molar-refractivity contribution in [3.05, 3.63) is 35.9 Å². The third kappa shape index (κ3) is 3.71. The molecule has 2 rings (SSSR count). The molecule has 0 unspecified atom stereocenters. The van der Waals surface area contributed by atoms with Gasteiger partial charge >= 0.3 is 0 Å². The minimum absolute atomic E-state index is 0.173. The molecule has 1 saturated heterocycles. The van der Waals surface area contributed by atoms with Crippen LogP contribution in [0, 0.1) is 0 Å². The van der Waals surface area contributed by atoms with Crippen LogP contribution in [0.3, 0.4) is 0 Å². The van der Waals surface area contributed by atoms with E-state index in [9.17, 15) is 15.3 Å². The van der Waals surface area contributed by atoms with Crippen LogP contribution in [0.1, 0.15) is 12.0 Å². The van der Waals surface area contributed by atoms with Crippen molar-refractivity contribution in [2.45, 2.75) is 36.5 Å². The maximum Gasteiger partial charge on any atom is 0.0991 e. The van der Waals surface area contributed by atoms with Crippen molar-refractivity contribution >= 4 is 11.6 Å². The predicted octanol–water partition coefficient (Wildman–Crippen LogP) is 0.625. The number of halogens is 1. The van der Waals surface area contributed by atoms with Gasteiger partial charge in [0.1, 0.15) is 0 Å². The van der Waals surface area contributed by atoms with Crippen LogP contribution in [-0.4, -0.2) is 63.5 Å². The van der Waals surface area contributed by atoms with Crippen LogP contribution in [0.25, 0.3) is 0 Å². The molecule has 1 aromatic rings. The molecule has 0 spiro atoms. The topological polar surface area (TPSA) is 63.9 Å². The van der Waals surface area contributed by atoms with Crippen LogP contribution in [0.5, 0.6) is 0 Å². The Hall–Kier alpha value is -0.650. The van der Waals surface area contributed by atoms with Gasteiger partial charge < -0.3 is 15.3 Å². The molecule has 1 heterocycles. The van der Waals surface area contributed by atoms with Crippen LogP contribution in [0.15, 0.2) is 30.3 Å². The second-order valence-electron chi connectivity index (χ2n) is 5.33. The Balaban J connectivity index is 1.87. The van der Waals surface area contributed by atoms with Crippen molar-refractivity contribution < 1.29 is 15.3 Å². The summed E-state index contributed by atoms with van der Waals surface area (Å²) in [6.45, 7) is 1.06. The highest BCUT2D eigenvalue weighted by molar-refractivity contribution is 6.21. The number of piperidine rings is 1. The molecule has 0 aliphatic carbocycles. The molecule has 0 amide bonds. The molecule has 4 atom stereocenters. The molecule has 0 radical (unpaired) electrons. The fraction of sp³-hybridized carbons (Fsp3) is 0.600. The van der Waals surface area contributed by atoms with E-state index in [0.717, 1.165) is 19.4 Å². The number of benzene rings is 1. The van der Waals surface area contributed by atoms with E-state index in [4.69, 9.17) is 11.6 Å². The first kappa shape index (κ1) is 15.7. The van der Waals surface area contributed by atoms with Crippen LogP contribution in [0.4, 0.5) is 0 Å². The summed E-state index contributed by atoms with van der Waals surface area (Å²) < 4.78 is 0. The van der Waals surface area contributed by atoms with Crippen molar-refractivity contribution in [3.8, 4) is 0 Å². The molecule has 1 fully saturated rings. The highest BCUT2D eigenvalue weighted by atomic mass is 35.5. The average molecular weight is 300 g/mol. The summed E-state index contributed by atoms with van der Waals surface area (Å²) >= 11 is 6.04. The number of likely N-dealkylation sites (tertiary alicyclic amines) is 1. The van der Waals surface area contributed by atoms with Gasteiger partial charge in [0.05, 0.1) is 30.2 Å². The number of aryl methyl sites for hydroxylation is 1. The lowest BCUT2D eigenvalue weighted by molar-refractivity contribution is -0.0870. The highest BCUT2D eigenvalue weighted by Crippen LogP contribution is 2.22. The zero-order chi connectivity index (χ0) is 14.5. The van der Waals surface area contributed by atoms with Crippen LogP contribution >= 0.6 is 11.6 Å². The van der Waals surface area contributed by atoms with Crippen LogP contribution in [0.2, 0.25) is 0 Å². The summed E-state index contributed by atoms with van der Waals surface area (Å²) in [5, 5.41) is 28.6. The largest absolute Gasteiger partial charge is 0.395 e. The molecular formula is C15H22ClNO3. The van der Waals surface area contributed by atoms with Gasteiger partial charge in [-0.25, -0.2) is 0 Å². The van der Waals surface area contributed by atoms with E-state index >= 15 is 0 Å². The second kappa shape index (κ2) is 7.38. The molecule has 0 bridgehead atoms. The number of nitrogens with zero attached hydrogens (tertiary/aromatic N) is 1. The molecule has 4 nitrogen and oxygen atoms in total. The molecule has 1 aliphatic heterocycles. The summed E-state index contributed by atoms with van der Waals surface area (Å²) in [6.07, 6.45) is -0.0965. The molecule has 0 saturated carbocycles. The van der Waals surface area contributed by atoms with Crippen LogP contribution < -0.4 is 0 Å². The Morgan fingerprint density at radius 1 is 1.15 bits per heavy atom. The third-order valence-electron chi connectivity index (χ3n) is 3.93. The molecule has 3 N–H and O–H groups in total.